The number of aryl methyl sites for hydroxylation is 1. The molecule has 2 rings (SSSR count). The fourth-order valence-electron chi connectivity index (χ4n) is 1.38. The van der Waals surface area contributed by atoms with Crippen molar-refractivity contribution in [2.24, 2.45) is 0 Å². The first kappa shape index (κ1) is 10.2. The Hall–Kier alpha value is -1.36. The van der Waals surface area contributed by atoms with E-state index in [1.807, 2.05) is 6.07 Å². The summed E-state index contributed by atoms with van der Waals surface area (Å²) in [5.74, 6) is 0.447. The lowest BCUT2D eigenvalue weighted by molar-refractivity contribution is 0.647. The highest BCUT2D eigenvalue weighted by Crippen LogP contribution is 2.16. The van der Waals surface area contributed by atoms with Crippen LogP contribution in [0.3, 0.4) is 0 Å². The van der Waals surface area contributed by atoms with E-state index in [-0.39, 0.29) is 0 Å². The Morgan fingerprint density at radius 2 is 2.27 bits per heavy atom. The summed E-state index contributed by atoms with van der Waals surface area (Å²) >= 11 is 3.44. The zero-order valence-electron chi connectivity index (χ0n) is 8.31. The molecule has 0 amide bonds. The molecule has 0 bridgehead atoms. The van der Waals surface area contributed by atoms with Crippen LogP contribution in [0.2, 0.25) is 0 Å². The smallest absolute Gasteiger partial charge is 0.165 e. The number of nitrogens with zero attached hydrogens (tertiary/aromatic N) is 3. The summed E-state index contributed by atoms with van der Waals surface area (Å²) in [6.45, 7) is 2.76. The lowest BCUT2D eigenvalue weighted by atomic mass is 10.1. The number of hydrogen-bond acceptors (Lipinski definition) is 3. The zero-order chi connectivity index (χ0) is 10.8. The standard InChI is InChI=1S/C10H11BrN4/c1-7-2-3-9(11)4-8(7)5-15-6-10(12)13-14-15/h2-4,6H,5,12H2,1H3. The van der Waals surface area contributed by atoms with Crippen LogP contribution >= 0.6 is 15.9 Å². The van der Waals surface area contributed by atoms with Crippen LogP contribution in [0.15, 0.2) is 28.9 Å². The molecule has 0 aliphatic heterocycles. The molecular formula is C10H11BrN4. The third kappa shape index (κ3) is 2.36. The normalized spacial score (nSPS) is 10.5. The second-order valence-corrected chi connectivity index (χ2v) is 4.33. The molecule has 1 heterocycles. The lowest BCUT2D eigenvalue weighted by Gasteiger charge is -2.05. The average molecular weight is 267 g/mol. The van der Waals surface area contributed by atoms with E-state index in [9.17, 15) is 0 Å². The largest absolute Gasteiger partial charge is 0.381 e. The van der Waals surface area contributed by atoms with Gasteiger partial charge in [-0.15, -0.1) is 5.10 Å². The van der Waals surface area contributed by atoms with Crippen molar-refractivity contribution in [1.29, 1.82) is 0 Å². The van der Waals surface area contributed by atoms with Gasteiger partial charge in [-0.3, -0.25) is 0 Å². The summed E-state index contributed by atoms with van der Waals surface area (Å²) < 4.78 is 2.79. The van der Waals surface area contributed by atoms with Gasteiger partial charge in [0.15, 0.2) is 5.82 Å². The fourth-order valence-corrected chi connectivity index (χ4v) is 1.78. The van der Waals surface area contributed by atoms with Crippen molar-refractivity contribution in [3.63, 3.8) is 0 Å². The van der Waals surface area contributed by atoms with Crippen molar-refractivity contribution in [1.82, 2.24) is 15.0 Å². The number of halogens is 1. The number of rotatable bonds is 2. The molecule has 0 saturated carbocycles. The first-order valence-corrected chi connectivity index (χ1v) is 5.35. The van der Waals surface area contributed by atoms with Gasteiger partial charge < -0.3 is 5.73 Å². The number of nitrogens with two attached hydrogens (primary N) is 1. The first-order chi connectivity index (χ1) is 7.15. The van der Waals surface area contributed by atoms with E-state index in [1.54, 1.807) is 10.9 Å². The van der Waals surface area contributed by atoms with E-state index in [4.69, 9.17) is 5.73 Å². The van der Waals surface area contributed by atoms with Gasteiger partial charge in [0.05, 0.1) is 12.7 Å². The quantitative estimate of drug-likeness (QED) is 0.905. The highest BCUT2D eigenvalue weighted by Gasteiger charge is 2.02. The summed E-state index contributed by atoms with van der Waals surface area (Å²) in [6, 6.07) is 6.17. The Labute approximate surface area is 96.2 Å². The van der Waals surface area contributed by atoms with E-state index < -0.39 is 0 Å². The predicted octanol–water partition coefficient (Wildman–Crippen LogP) is 1.98. The van der Waals surface area contributed by atoms with E-state index in [0.717, 1.165) is 4.47 Å². The molecule has 15 heavy (non-hydrogen) atoms. The lowest BCUT2D eigenvalue weighted by Crippen LogP contribution is -2.02. The van der Waals surface area contributed by atoms with Gasteiger partial charge in [-0.05, 0) is 30.2 Å². The van der Waals surface area contributed by atoms with Gasteiger partial charge in [0, 0.05) is 4.47 Å². The molecule has 2 aromatic rings. The summed E-state index contributed by atoms with van der Waals surface area (Å²) in [5, 5.41) is 7.65. The topological polar surface area (TPSA) is 56.7 Å². The Morgan fingerprint density at radius 3 is 2.93 bits per heavy atom. The average Bonchev–Trinajstić information content (AvgIpc) is 2.58. The van der Waals surface area contributed by atoms with Crippen molar-refractivity contribution in [3.8, 4) is 0 Å². The highest BCUT2D eigenvalue weighted by atomic mass is 79.9. The molecule has 0 unspecified atom stereocenters. The van der Waals surface area contributed by atoms with Crippen LogP contribution in [0.25, 0.3) is 0 Å². The Balaban J connectivity index is 2.27. The van der Waals surface area contributed by atoms with Crippen LogP contribution in [-0.2, 0) is 6.54 Å². The van der Waals surface area contributed by atoms with Crippen LogP contribution in [0, 0.1) is 6.92 Å². The van der Waals surface area contributed by atoms with Gasteiger partial charge in [-0.2, -0.15) is 0 Å². The van der Waals surface area contributed by atoms with Crippen molar-refractivity contribution in [2.45, 2.75) is 13.5 Å². The Kier molecular flexibility index (Phi) is 2.73. The Bertz CT molecular complexity index is 478. The number of anilines is 1. The Morgan fingerprint density at radius 1 is 1.47 bits per heavy atom. The minimum absolute atomic E-state index is 0.447. The number of nitrogen functional groups attached to an aromatic ring is 1. The molecule has 0 saturated heterocycles. The minimum atomic E-state index is 0.447. The molecule has 0 fully saturated rings. The second-order valence-electron chi connectivity index (χ2n) is 3.41. The monoisotopic (exact) mass is 266 g/mol. The molecule has 2 N–H and O–H groups in total. The van der Waals surface area contributed by atoms with E-state index >= 15 is 0 Å². The predicted molar refractivity (Wildman–Crippen MR) is 62.4 cm³/mol. The number of benzene rings is 1. The van der Waals surface area contributed by atoms with Crippen molar-refractivity contribution in [2.75, 3.05) is 5.73 Å². The molecule has 1 aromatic heterocycles. The van der Waals surface area contributed by atoms with Gasteiger partial charge in [0.2, 0.25) is 0 Å². The van der Waals surface area contributed by atoms with Crippen LogP contribution in [0.4, 0.5) is 5.82 Å². The molecule has 4 nitrogen and oxygen atoms in total. The van der Waals surface area contributed by atoms with Crippen molar-refractivity contribution >= 4 is 21.7 Å². The van der Waals surface area contributed by atoms with E-state index in [1.165, 1.54) is 11.1 Å². The summed E-state index contributed by atoms with van der Waals surface area (Å²) in [7, 11) is 0. The number of aromatic nitrogens is 3. The highest BCUT2D eigenvalue weighted by molar-refractivity contribution is 9.10. The summed E-state index contributed by atoms with van der Waals surface area (Å²) in [5.41, 5.74) is 7.93. The van der Waals surface area contributed by atoms with Crippen LogP contribution in [0.1, 0.15) is 11.1 Å². The van der Waals surface area contributed by atoms with Gasteiger partial charge in [0.1, 0.15) is 0 Å². The SMILES string of the molecule is Cc1ccc(Br)cc1Cn1cc(N)nn1. The number of hydrogen-bond donors (Lipinski definition) is 1. The van der Waals surface area contributed by atoms with Gasteiger partial charge in [0.25, 0.3) is 0 Å². The second kappa shape index (κ2) is 4.02. The maximum absolute atomic E-state index is 5.50. The van der Waals surface area contributed by atoms with Crippen LogP contribution in [-0.4, -0.2) is 15.0 Å². The van der Waals surface area contributed by atoms with Crippen LogP contribution < -0.4 is 5.73 Å². The molecule has 0 radical (unpaired) electrons. The molecule has 78 valence electrons. The van der Waals surface area contributed by atoms with Gasteiger partial charge in [-0.1, -0.05) is 27.2 Å². The maximum Gasteiger partial charge on any atom is 0.165 e. The molecule has 0 aliphatic rings. The van der Waals surface area contributed by atoms with Crippen LogP contribution in [0.5, 0.6) is 0 Å². The van der Waals surface area contributed by atoms with Gasteiger partial charge in [-0.25, -0.2) is 4.68 Å². The van der Waals surface area contributed by atoms with Crippen molar-refractivity contribution < 1.29 is 0 Å². The third-order valence-corrected chi connectivity index (χ3v) is 2.69. The molecular weight excluding hydrogens is 256 g/mol. The molecule has 0 aliphatic carbocycles. The summed E-state index contributed by atoms with van der Waals surface area (Å²) in [6.07, 6.45) is 1.72. The fraction of sp³-hybridized carbons (Fsp3) is 0.200. The van der Waals surface area contributed by atoms with E-state index in [0.29, 0.717) is 12.4 Å². The molecule has 0 spiro atoms. The zero-order valence-corrected chi connectivity index (χ0v) is 9.90. The van der Waals surface area contributed by atoms with Gasteiger partial charge >= 0.3 is 0 Å². The van der Waals surface area contributed by atoms with Crippen molar-refractivity contribution in [3.05, 3.63) is 40.0 Å². The third-order valence-electron chi connectivity index (χ3n) is 2.20. The summed E-state index contributed by atoms with van der Waals surface area (Å²) in [4.78, 5) is 0. The molecule has 0 atom stereocenters. The maximum atomic E-state index is 5.50. The first-order valence-electron chi connectivity index (χ1n) is 4.56. The van der Waals surface area contributed by atoms with E-state index in [2.05, 4.69) is 45.3 Å². The molecule has 1 aromatic carbocycles. The molecule has 5 heteroatoms. The minimum Gasteiger partial charge on any atom is -0.381 e.